The molecule has 0 unspecified atom stereocenters. The van der Waals surface area contributed by atoms with Gasteiger partial charge in [0.05, 0.1) is 22.6 Å². The number of ketones is 1. The van der Waals surface area contributed by atoms with Crippen molar-refractivity contribution in [2.24, 2.45) is 0 Å². The number of Topliss-reactive ketones (excluding diaryl/α,β-unsaturated/α-hetero) is 1. The van der Waals surface area contributed by atoms with E-state index < -0.39 is 28.4 Å². The van der Waals surface area contributed by atoms with Crippen molar-refractivity contribution in [2.75, 3.05) is 13.2 Å². The Bertz CT molecular complexity index is 1080. The van der Waals surface area contributed by atoms with E-state index in [0.717, 1.165) is 4.47 Å². The monoisotopic (exact) mass is 502 g/mol. The molecule has 1 amide bonds. The number of benzene rings is 2. The molecule has 1 aliphatic rings. The summed E-state index contributed by atoms with van der Waals surface area (Å²) >= 11 is 3.40. The van der Waals surface area contributed by atoms with Gasteiger partial charge in [0.2, 0.25) is 0 Å². The average molecular weight is 503 g/mol. The number of halogens is 1. The normalized spacial score (nSPS) is 17.9. The molecule has 2 aromatic carbocycles. The topological polar surface area (TPSA) is 110 Å². The molecule has 9 heteroatoms. The van der Waals surface area contributed by atoms with Gasteiger partial charge in [-0.05, 0) is 38.0 Å². The van der Waals surface area contributed by atoms with Crippen molar-refractivity contribution in [3.8, 4) is 0 Å². The average Bonchev–Trinajstić information content (AvgIpc) is 3.01. The molecular formula is C23H23BrN2O6. The summed E-state index contributed by atoms with van der Waals surface area (Å²) in [7, 11) is 0. The Morgan fingerprint density at radius 1 is 1.22 bits per heavy atom. The fourth-order valence-electron chi connectivity index (χ4n) is 3.61. The summed E-state index contributed by atoms with van der Waals surface area (Å²) in [4.78, 5) is 37.8. The highest BCUT2D eigenvalue weighted by atomic mass is 79.9. The van der Waals surface area contributed by atoms with Gasteiger partial charge in [-0.1, -0.05) is 40.2 Å². The van der Waals surface area contributed by atoms with Crippen molar-refractivity contribution in [3.63, 3.8) is 0 Å². The van der Waals surface area contributed by atoms with Gasteiger partial charge in [-0.3, -0.25) is 19.7 Å². The van der Waals surface area contributed by atoms with E-state index in [1.807, 2.05) is 19.9 Å². The fourth-order valence-corrected chi connectivity index (χ4v) is 4.03. The Morgan fingerprint density at radius 3 is 2.59 bits per heavy atom. The van der Waals surface area contributed by atoms with Crippen molar-refractivity contribution < 1.29 is 24.4 Å². The maximum atomic E-state index is 13.0. The number of ether oxygens (including phenoxy) is 1. The molecule has 168 valence electrons. The van der Waals surface area contributed by atoms with E-state index in [-0.39, 0.29) is 29.5 Å². The molecule has 1 saturated heterocycles. The lowest BCUT2D eigenvalue weighted by molar-refractivity contribution is -0.384. The number of aliphatic hydroxyl groups excluding tert-OH is 1. The highest BCUT2D eigenvalue weighted by Gasteiger charge is 2.45. The Balaban J connectivity index is 2.07. The summed E-state index contributed by atoms with van der Waals surface area (Å²) in [6, 6.07) is 11.6. The zero-order valence-electron chi connectivity index (χ0n) is 17.7. The first-order valence-electron chi connectivity index (χ1n) is 10.1. The third-order valence-corrected chi connectivity index (χ3v) is 5.52. The number of amides is 1. The molecule has 2 aromatic rings. The van der Waals surface area contributed by atoms with E-state index >= 15 is 0 Å². The molecule has 1 fully saturated rings. The van der Waals surface area contributed by atoms with Gasteiger partial charge in [0.1, 0.15) is 5.76 Å². The van der Waals surface area contributed by atoms with E-state index in [1.54, 1.807) is 18.2 Å². The number of rotatable bonds is 8. The molecule has 32 heavy (non-hydrogen) atoms. The lowest BCUT2D eigenvalue weighted by Gasteiger charge is -2.25. The molecule has 0 bridgehead atoms. The molecule has 1 aliphatic heterocycles. The largest absolute Gasteiger partial charge is 0.507 e. The zero-order valence-corrected chi connectivity index (χ0v) is 19.2. The van der Waals surface area contributed by atoms with E-state index in [9.17, 15) is 24.8 Å². The Kier molecular flexibility index (Phi) is 7.42. The zero-order chi connectivity index (χ0) is 23.4. The SMILES string of the molecule is CC(C)OCCCN1C(=O)C(=O)C(=C(O)c2cccc([N+](=O)[O-])c2)[C@H]1c1cccc(Br)c1. The molecule has 1 heterocycles. The van der Waals surface area contributed by atoms with Crippen LogP contribution in [0.1, 0.15) is 37.4 Å². The van der Waals surface area contributed by atoms with Crippen LogP contribution in [0.4, 0.5) is 5.69 Å². The van der Waals surface area contributed by atoms with Gasteiger partial charge in [-0.25, -0.2) is 0 Å². The van der Waals surface area contributed by atoms with E-state index in [4.69, 9.17) is 4.74 Å². The number of hydrogen-bond acceptors (Lipinski definition) is 6. The predicted molar refractivity (Wildman–Crippen MR) is 122 cm³/mol. The van der Waals surface area contributed by atoms with Gasteiger partial charge in [0.25, 0.3) is 17.4 Å². The molecule has 0 aliphatic carbocycles. The quantitative estimate of drug-likeness (QED) is 0.141. The maximum Gasteiger partial charge on any atom is 0.295 e. The predicted octanol–water partition coefficient (Wildman–Crippen LogP) is 4.59. The summed E-state index contributed by atoms with van der Waals surface area (Å²) in [5.74, 6) is -2.01. The van der Waals surface area contributed by atoms with Crippen LogP contribution in [0.2, 0.25) is 0 Å². The van der Waals surface area contributed by atoms with Crippen molar-refractivity contribution in [1.82, 2.24) is 4.90 Å². The highest BCUT2D eigenvalue weighted by molar-refractivity contribution is 9.10. The molecular weight excluding hydrogens is 480 g/mol. The molecule has 0 radical (unpaired) electrons. The summed E-state index contributed by atoms with van der Waals surface area (Å²) in [6.45, 7) is 4.48. The second kappa shape index (κ2) is 10.1. The number of hydrogen-bond donors (Lipinski definition) is 1. The lowest BCUT2D eigenvalue weighted by Crippen LogP contribution is -2.31. The standard InChI is InChI=1S/C23H23BrN2O6/c1-14(2)32-11-5-10-25-20(15-6-3-8-17(24)12-15)19(22(28)23(25)29)21(27)16-7-4-9-18(13-16)26(30)31/h3-4,6-9,12-14,20,27H,5,10-11H2,1-2H3/t20-/m1/s1. The molecule has 0 spiro atoms. The van der Waals surface area contributed by atoms with Crippen molar-refractivity contribution in [1.29, 1.82) is 0 Å². The molecule has 0 saturated carbocycles. The third kappa shape index (κ3) is 5.05. The van der Waals surface area contributed by atoms with Crippen LogP contribution in [0, 0.1) is 10.1 Å². The van der Waals surface area contributed by atoms with Gasteiger partial charge < -0.3 is 14.7 Å². The van der Waals surface area contributed by atoms with Crippen LogP contribution in [-0.2, 0) is 14.3 Å². The number of nitro groups is 1. The van der Waals surface area contributed by atoms with Crippen molar-refractivity contribution >= 4 is 39.1 Å². The van der Waals surface area contributed by atoms with Gasteiger partial charge in [-0.2, -0.15) is 0 Å². The minimum atomic E-state index is -0.830. The van der Waals surface area contributed by atoms with Crippen LogP contribution in [0.3, 0.4) is 0 Å². The number of carbonyl (C=O) groups excluding carboxylic acids is 2. The Morgan fingerprint density at radius 2 is 1.94 bits per heavy atom. The van der Waals surface area contributed by atoms with E-state index in [0.29, 0.717) is 18.6 Å². The first-order valence-corrected chi connectivity index (χ1v) is 10.9. The number of nitro benzene ring substituents is 1. The number of likely N-dealkylation sites (tertiary alicyclic amines) is 1. The van der Waals surface area contributed by atoms with Gasteiger partial charge in [-0.15, -0.1) is 0 Å². The van der Waals surface area contributed by atoms with E-state index in [1.165, 1.54) is 29.2 Å². The molecule has 1 N–H and O–H groups in total. The number of carbonyl (C=O) groups is 2. The van der Waals surface area contributed by atoms with Crippen LogP contribution in [0.5, 0.6) is 0 Å². The minimum Gasteiger partial charge on any atom is -0.507 e. The van der Waals surface area contributed by atoms with Crippen LogP contribution in [0.25, 0.3) is 5.76 Å². The number of non-ortho nitro benzene ring substituents is 1. The number of aliphatic hydroxyl groups is 1. The second-order valence-corrected chi connectivity index (χ2v) is 8.54. The maximum absolute atomic E-state index is 13.0. The molecule has 3 rings (SSSR count). The summed E-state index contributed by atoms with van der Waals surface area (Å²) < 4.78 is 6.30. The first kappa shape index (κ1) is 23.6. The molecule has 1 atom stereocenters. The third-order valence-electron chi connectivity index (χ3n) is 5.03. The summed E-state index contributed by atoms with van der Waals surface area (Å²) in [6.07, 6.45) is 0.548. The van der Waals surface area contributed by atoms with Crippen molar-refractivity contribution in [2.45, 2.75) is 32.4 Å². The van der Waals surface area contributed by atoms with Crippen molar-refractivity contribution in [3.05, 3.63) is 79.8 Å². The van der Waals surface area contributed by atoms with Crippen LogP contribution in [0.15, 0.2) is 58.6 Å². The minimum absolute atomic E-state index is 0.0418. The first-order chi connectivity index (χ1) is 15.2. The van der Waals surface area contributed by atoms with Gasteiger partial charge >= 0.3 is 0 Å². The lowest BCUT2D eigenvalue weighted by atomic mass is 9.95. The smallest absolute Gasteiger partial charge is 0.295 e. The van der Waals surface area contributed by atoms with Gasteiger partial charge in [0.15, 0.2) is 0 Å². The Hall–Kier alpha value is -3.04. The summed E-state index contributed by atoms with van der Waals surface area (Å²) in [5, 5.41) is 22.1. The highest BCUT2D eigenvalue weighted by Crippen LogP contribution is 2.40. The fraction of sp³-hybridized carbons (Fsp3) is 0.304. The van der Waals surface area contributed by atoms with Crippen LogP contribution in [-0.4, -0.2) is 45.9 Å². The summed E-state index contributed by atoms with van der Waals surface area (Å²) in [5.41, 5.74) is 0.405. The second-order valence-electron chi connectivity index (χ2n) is 7.63. The van der Waals surface area contributed by atoms with Crippen LogP contribution >= 0.6 is 15.9 Å². The van der Waals surface area contributed by atoms with Crippen LogP contribution < -0.4 is 0 Å². The van der Waals surface area contributed by atoms with Gasteiger partial charge in [0, 0.05) is 35.3 Å². The number of nitrogens with zero attached hydrogens (tertiary/aromatic N) is 2. The van der Waals surface area contributed by atoms with E-state index in [2.05, 4.69) is 15.9 Å². The Labute approximate surface area is 193 Å². The molecule has 0 aromatic heterocycles. The molecule has 8 nitrogen and oxygen atoms in total.